The van der Waals surface area contributed by atoms with Crippen molar-refractivity contribution in [1.82, 2.24) is 0 Å². The molecule has 0 aromatic heterocycles. The van der Waals surface area contributed by atoms with Gasteiger partial charge in [-0.1, -0.05) is 26.2 Å². The molecule has 1 unspecified atom stereocenters. The van der Waals surface area contributed by atoms with E-state index in [9.17, 15) is 0 Å². The summed E-state index contributed by atoms with van der Waals surface area (Å²) < 4.78 is 5.07. The van der Waals surface area contributed by atoms with Crippen molar-refractivity contribution in [3.8, 4) is 18.2 Å². The van der Waals surface area contributed by atoms with Gasteiger partial charge in [-0.3, -0.25) is 0 Å². The van der Waals surface area contributed by atoms with Crippen LogP contribution in [0.2, 0.25) is 0 Å². The van der Waals surface area contributed by atoms with Crippen molar-refractivity contribution in [2.75, 3.05) is 6.61 Å². The molecule has 0 aliphatic carbocycles. The minimum atomic E-state index is -0.239. The molecule has 0 amide bonds. The summed E-state index contributed by atoms with van der Waals surface area (Å²) in [6.45, 7) is 4.57. The van der Waals surface area contributed by atoms with Crippen LogP contribution in [-0.2, 0) is 4.74 Å². The molecule has 0 rings (SSSR count). The fraction of sp³-hybridized carbons (Fsp3) is 0.800. The highest BCUT2D eigenvalue weighted by Gasteiger charge is 1.95. The van der Waals surface area contributed by atoms with Gasteiger partial charge in [0, 0.05) is 19.4 Å². The van der Waals surface area contributed by atoms with Crippen molar-refractivity contribution in [3.63, 3.8) is 0 Å². The van der Waals surface area contributed by atoms with E-state index in [0.29, 0.717) is 19.4 Å². The standard InChI is InChI=1S/C8H12N2.C7H13NO/c9-7-5-3-1-2-4-6-8-10;1-3-4-5-9-7(2)6-8/h1-6H2;7H,3-5H2,1-2H3. The lowest BCUT2D eigenvalue weighted by Crippen LogP contribution is -2.05. The van der Waals surface area contributed by atoms with Gasteiger partial charge in [-0.05, 0) is 26.2 Å². The topological polar surface area (TPSA) is 80.6 Å². The first kappa shape index (κ1) is 19.8. The van der Waals surface area contributed by atoms with E-state index in [1.807, 2.05) is 6.07 Å². The van der Waals surface area contributed by atoms with Gasteiger partial charge in [0.05, 0.1) is 18.2 Å². The van der Waals surface area contributed by atoms with Crippen molar-refractivity contribution < 1.29 is 4.74 Å². The molecule has 4 nitrogen and oxygen atoms in total. The molecule has 0 heterocycles. The van der Waals surface area contributed by atoms with Crippen LogP contribution in [0.3, 0.4) is 0 Å². The minimum absolute atomic E-state index is 0.239. The Morgan fingerprint density at radius 1 is 0.895 bits per heavy atom. The number of nitrogens with zero attached hydrogens (tertiary/aromatic N) is 3. The molecule has 0 aromatic carbocycles. The molecular formula is C15H25N3O. The quantitative estimate of drug-likeness (QED) is 0.587. The third-order valence-corrected chi connectivity index (χ3v) is 2.37. The number of hydrogen-bond donors (Lipinski definition) is 0. The summed E-state index contributed by atoms with van der Waals surface area (Å²) in [6.07, 6.45) is 7.41. The zero-order valence-electron chi connectivity index (χ0n) is 12.2. The Bertz CT molecular complexity index is 278. The molecule has 0 bridgehead atoms. The lowest BCUT2D eigenvalue weighted by molar-refractivity contribution is 0.0997. The largest absolute Gasteiger partial charge is 0.364 e. The van der Waals surface area contributed by atoms with Crippen LogP contribution in [0.4, 0.5) is 0 Å². The summed E-state index contributed by atoms with van der Waals surface area (Å²) in [5.41, 5.74) is 0. The summed E-state index contributed by atoms with van der Waals surface area (Å²) >= 11 is 0. The summed E-state index contributed by atoms with van der Waals surface area (Å²) in [6, 6.07) is 6.19. The first-order valence-corrected chi connectivity index (χ1v) is 6.98. The monoisotopic (exact) mass is 263 g/mol. The molecule has 106 valence electrons. The predicted octanol–water partition coefficient (Wildman–Crippen LogP) is 4.09. The summed E-state index contributed by atoms with van der Waals surface area (Å²) in [5.74, 6) is 0. The zero-order valence-corrected chi connectivity index (χ0v) is 12.2. The number of rotatable bonds is 9. The van der Waals surface area contributed by atoms with E-state index in [1.54, 1.807) is 6.92 Å². The molecule has 0 saturated carbocycles. The average Bonchev–Trinajstić information content (AvgIpc) is 2.43. The van der Waals surface area contributed by atoms with Crippen molar-refractivity contribution in [1.29, 1.82) is 15.8 Å². The zero-order chi connectivity index (χ0) is 14.8. The molecule has 0 radical (unpaired) electrons. The maximum atomic E-state index is 8.26. The van der Waals surface area contributed by atoms with Crippen LogP contribution in [0.25, 0.3) is 0 Å². The Balaban J connectivity index is 0. The van der Waals surface area contributed by atoms with Gasteiger partial charge in [0.25, 0.3) is 0 Å². The van der Waals surface area contributed by atoms with E-state index in [0.717, 1.165) is 38.5 Å². The highest BCUT2D eigenvalue weighted by atomic mass is 16.5. The van der Waals surface area contributed by atoms with Gasteiger partial charge in [0.1, 0.15) is 6.10 Å². The van der Waals surface area contributed by atoms with E-state index in [2.05, 4.69) is 19.1 Å². The van der Waals surface area contributed by atoms with Gasteiger partial charge in [-0.2, -0.15) is 15.8 Å². The van der Waals surface area contributed by atoms with Crippen molar-refractivity contribution in [2.24, 2.45) is 0 Å². The minimum Gasteiger partial charge on any atom is -0.364 e. The third kappa shape index (κ3) is 22.1. The van der Waals surface area contributed by atoms with Gasteiger partial charge in [0.2, 0.25) is 0 Å². The maximum absolute atomic E-state index is 8.26. The SMILES string of the molecule is CCCCOC(C)C#N.N#CCCCCCCC#N. The Kier molecular flexibility index (Phi) is 19.5. The van der Waals surface area contributed by atoms with Crippen LogP contribution in [0.1, 0.15) is 65.2 Å². The van der Waals surface area contributed by atoms with E-state index < -0.39 is 0 Å². The molecule has 0 fully saturated rings. The highest BCUT2D eigenvalue weighted by molar-refractivity contribution is 4.78. The Morgan fingerprint density at radius 3 is 1.79 bits per heavy atom. The molecule has 0 aliphatic heterocycles. The summed E-state index contributed by atoms with van der Waals surface area (Å²) in [4.78, 5) is 0. The lowest BCUT2D eigenvalue weighted by Gasteiger charge is -2.02. The van der Waals surface area contributed by atoms with E-state index >= 15 is 0 Å². The normalized spacial score (nSPS) is 10.3. The molecule has 0 aliphatic rings. The predicted molar refractivity (Wildman–Crippen MR) is 74.9 cm³/mol. The second kappa shape index (κ2) is 18.8. The Labute approximate surface area is 117 Å². The Hall–Kier alpha value is -1.57. The van der Waals surface area contributed by atoms with Crippen molar-refractivity contribution in [2.45, 2.75) is 71.3 Å². The molecule has 0 N–H and O–H groups in total. The lowest BCUT2D eigenvalue weighted by atomic mass is 10.1. The fourth-order valence-electron chi connectivity index (χ4n) is 1.20. The van der Waals surface area contributed by atoms with Crippen molar-refractivity contribution in [3.05, 3.63) is 0 Å². The van der Waals surface area contributed by atoms with E-state index in [1.165, 1.54) is 0 Å². The van der Waals surface area contributed by atoms with Crippen LogP contribution in [0.15, 0.2) is 0 Å². The second-order valence-electron chi connectivity index (χ2n) is 4.23. The van der Waals surface area contributed by atoms with Gasteiger partial charge in [-0.25, -0.2) is 0 Å². The third-order valence-electron chi connectivity index (χ3n) is 2.37. The molecule has 0 saturated heterocycles. The van der Waals surface area contributed by atoms with E-state index in [4.69, 9.17) is 20.5 Å². The smallest absolute Gasteiger partial charge is 0.141 e. The Morgan fingerprint density at radius 2 is 1.42 bits per heavy atom. The van der Waals surface area contributed by atoms with Crippen LogP contribution >= 0.6 is 0 Å². The van der Waals surface area contributed by atoms with Crippen LogP contribution < -0.4 is 0 Å². The molecule has 0 aromatic rings. The fourth-order valence-corrected chi connectivity index (χ4v) is 1.20. The number of ether oxygens (including phenoxy) is 1. The summed E-state index contributed by atoms with van der Waals surface area (Å²) in [5, 5.41) is 24.6. The molecular weight excluding hydrogens is 238 g/mol. The van der Waals surface area contributed by atoms with Crippen LogP contribution in [-0.4, -0.2) is 12.7 Å². The first-order valence-electron chi connectivity index (χ1n) is 6.98. The molecule has 19 heavy (non-hydrogen) atoms. The van der Waals surface area contributed by atoms with Crippen LogP contribution in [0, 0.1) is 34.0 Å². The molecule has 4 heteroatoms. The van der Waals surface area contributed by atoms with Crippen molar-refractivity contribution >= 4 is 0 Å². The van der Waals surface area contributed by atoms with Gasteiger partial charge >= 0.3 is 0 Å². The summed E-state index contributed by atoms with van der Waals surface area (Å²) in [7, 11) is 0. The number of hydrogen-bond acceptors (Lipinski definition) is 4. The highest BCUT2D eigenvalue weighted by Crippen LogP contribution is 2.03. The van der Waals surface area contributed by atoms with E-state index in [-0.39, 0.29) is 6.10 Å². The van der Waals surface area contributed by atoms with Crippen LogP contribution in [0.5, 0.6) is 0 Å². The molecule has 0 spiro atoms. The van der Waals surface area contributed by atoms with Gasteiger partial charge in [0.15, 0.2) is 0 Å². The molecule has 1 atom stereocenters. The van der Waals surface area contributed by atoms with Gasteiger partial charge in [-0.15, -0.1) is 0 Å². The first-order chi connectivity index (χ1) is 9.22. The average molecular weight is 263 g/mol. The number of nitriles is 3. The number of unbranched alkanes of at least 4 members (excludes halogenated alkanes) is 6. The maximum Gasteiger partial charge on any atom is 0.141 e. The van der Waals surface area contributed by atoms with Gasteiger partial charge < -0.3 is 4.74 Å². The second-order valence-corrected chi connectivity index (χ2v) is 4.23.